The maximum atomic E-state index is 13.4. The Hall–Kier alpha value is -3.09. The Morgan fingerprint density at radius 3 is 2.43 bits per heavy atom. The number of benzene rings is 3. The molecule has 2 aromatic heterocycles. The summed E-state index contributed by atoms with van der Waals surface area (Å²) in [4.78, 5) is 28.6. The van der Waals surface area contributed by atoms with Crippen molar-refractivity contribution < 1.29 is 4.74 Å². The zero-order chi connectivity index (χ0) is 20.3. The van der Waals surface area contributed by atoms with Gasteiger partial charge >= 0.3 is 5.69 Å². The first-order valence-corrected chi connectivity index (χ1v) is 9.56. The van der Waals surface area contributed by atoms with Crippen LogP contribution in [0.1, 0.15) is 0 Å². The Bertz CT molecular complexity index is 1520. The molecule has 0 aliphatic rings. The lowest BCUT2D eigenvalue weighted by atomic mass is 10.0. The summed E-state index contributed by atoms with van der Waals surface area (Å²) in [6.07, 6.45) is 0. The molecule has 0 atom stereocenters. The van der Waals surface area contributed by atoms with Crippen LogP contribution in [0.25, 0.3) is 38.0 Å². The molecule has 0 N–H and O–H groups in total. The number of fused-ring (bicyclic) bond motifs is 5. The summed E-state index contributed by atoms with van der Waals surface area (Å²) < 4.78 is 8.51. The third-order valence-corrected chi connectivity index (χ3v) is 5.63. The van der Waals surface area contributed by atoms with E-state index in [1.807, 2.05) is 49.3 Å². The first-order valence-electron chi connectivity index (χ1n) is 9.56. The van der Waals surface area contributed by atoms with Gasteiger partial charge in [0.05, 0.1) is 23.5 Å². The van der Waals surface area contributed by atoms with Gasteiger partial charge in [-0.25, -0.2) is 4.79 Å². The highest BCUT2D eigenvalue weighted by Crippen LogP contribution is 2.36. The summed E-state index contributed by atoms with van der Waals surface area (Å²) in [7, 11) is 5.43. The average molecular weight is 424 g/mol. The van der Waals surface area contributed by atoms with E-state index < -0.39 is 0 Å². The van der Waals surface area contributed by atoms with Gasteiger partial charge in [0.25, 0.3) is 5.56 Å². The molecule has 0 amide bonds. The first kappa shape index (κ1) is 20.2. The van der Waals surface area contributed by atoms with Crippen LogP contribution in [0, 0.1) is 0 Å². The lowest BCUT2D eigenvalue weighted by Crippen LogP contribution is -2.39. The number of hydrogen-bond acceptors (Lipinski definition) is 4. The highest BCUT2D eigenvalue weighted by Gasteiger charge is 2.21. The molecule has 0 bridgehead atoms. The smallest absolute Gasteiger partial charge is 0.336 e. The number of likely N-dealkylation sites (N-methyl/N-ethyl adjacent to an activating group) is 1. The van der Waals surface area contributed by atoms with Crippen LogP contribution in [0.3, 0.4) is 0 Å². The van der Waals surface area contributed by atoms with Gasteiger partial charge in [-0.05, 0) is 43.1 Å². The molecule has 6 nitrogen and oxygen atoms in total. The van der Waals surface area contributed by atoms with Crippen molar-refractivity contribution in [3.8, 4) is 5.75 Å². The van der Waals surface area contributed by atoms with Crippen LogP contribution in [0.15, 0.2) is 58.1 Å². The Morgan fingerprint density at radius 1 is 0.967 bits per heavy atom. The van der Waals surface area contributed by atoms with E-state index in [-0.39, 0.29) is 23.7 Å². The minimum atomic E-state index is -0.301. The van der Waals surface area contributed by atoms with Crippen molar-refractivity contribution in [2.24, 2.45) is 0 Å². The van der Waals surface area contributed by atoms with Gasteiger partial charge in [0, 0.05) is 23.9 Å². The third-order valence-electron chi connectivity index (χ3n) is 5.63. The summed E-state index contributed by atoms with van der Waals surface area (Å²) in [6.45, 7) is 0.929. The second kappa shape index (κ2) is 7.31. The topological polar surface area (TPSA) is 56.0 Å². The predicted octanol–water partition coefficient (Wildman–Crippen LogP) is 3.35. The summed E-state index contributed by atoms with van der Waals surface area (Å²) in [5.41, 5.74) is 0.888. The molecule has 5 rings (SSSR count). The maximum Gasteiger partial charge on any atom is 0.336 e. The molecular formula is C23H22ClN3O3. The Morgan fingerprint density at radius 2 is 1.70 bits per heavy atom. The zero-order valence-corrected chi connectivity index (χ0v) is 17.8. The molecule has 0 saturated carbocycles. The fraction of sp³-hybridized carbons (Fsp3) is 0.217. The van der Waals surface area contributed by atoms with E-state index in [2.05, 4.69) is 12.1 Å². The number of nitrogens with zero attached hydrogens (tertiary/aromatic N) is 3. The fourth-order valence-electron chi connectivity index (χ4n) is 4.22. The van der Waals surface area contributed by atoms with Gasteiger partial charge in [-0.1, -0.05) is 30.3 Å². The van der Waals surface area contributed by atoms with Crippen LogP contribution in [0.4, 0.5) is 0 Å². The van der Waals surface area contributed by atoms with Crippen molar-refractivity contribution in [1.29, 1.82) is 0 Å². The van der Waals surface area contributed by atoms with Crippen LogP contribution in [0.5, 0.6) is 5.75 Å². The largest absolute Gasteiger partial charge is 0.497 e. The van der Waals surface area contributed by atoms with E-state index in [1.54, 1.807) is 17.6 Å². The van der Waals surface area contributed by atoms with Gasteiger partial charge in [-0.15, -0.1) is 12.4 Å². The van der Waals surface area contributed by atoms with Crippen LogP contribution >= 0.6 is 12.4 Å². The molecule has 30 heavy (non-hydrogen) atoms. The lowest BCUT2D eigenvalue weighted by Gasteiger charge is -2.12. The van der Waals surface area contributed by atoms with E-state index in [0.29, 0.717) is 29.7 Å². The molecule has 154 valence electrons. The standard InChI is InChI=1S/C23H21N3O3.ClH/c1-24(2)10-11-25-22(27)18-13-15(29-3)12-17-20-16-7-5-4-6-14(16)8-9-19(20)26(21(17)18)23(25)28;/h4-9,12-13H,10-11H2,1-3H3;1H. The normalized spacial score (nSPS) is 11.7. The lowest BCUT2D eigenvalue weighted by molar-refractivity contribution is 0.376. The van der Waals surface area contributed by atoms with E-state index in [1.165, 1.54) is 4.57 Å². The van der Waals surface area contributed by atoms with Crippen LogP contribution in [0.2, 0.25) is 0 Å². The van der Waals surface area contributed by atoms with Crippen LogP contribution < -0.4 is 16.0 Å². The molecule has 3 aromatic carbocycles. The molecule has 0 aliphatic heterocycles. The number of ether oxygens (including phenoxy) is 1. The monoisotopic (exact) mass is 423 g/mol. The van der Waals surface area contributed by atoms with Gasteiger partial charge < -0.3 is 9.64 Å². The SMILES string of the molecule is COc1cc2c(=O)n(CCN(C)C)c(=O)n3c4ccc5ccccc5c4c(c1)c23.Cl. The van der Waals surface area contributed by atoms with Crippen molar-refractivity contribution in [1.82, 2.24) is 13.9 Å². The van der Waals surface area contributed by atoms with Crippen molar-refractivity contribution in [3.05, 3.63) is 69.4 Å². The second-order valence-electron chi connectivity index (χ2n) is 7.63. The summed E-state index contributed by atoms with van der Waals surface area (Å²) in [6, 6.07) is 15.7. The number of aromatic nitrogens is 2. The molecule has 0 aliphatic carbocycles. The summed E-state index contributed by atoms with van der Waals surface area (Å²) >= 11 is 0. The Kier molecular flexibility index (Phi) is 4.92. The van der Waals surface area contributed by atoms with Gasteiger partial charge in [0.15, 0.2) is 0 Å². The molecular weight excluding hydrogens is 402 g/mol. The third kappa shape index (κ3) is 2.75. The minimum Gasteiger partial charge on any atom is -0.497 e. The van der Waals surface area contributed by atoms with Crippen molar-refractivity contribution >= 4 is 50.4 Å². The minimum absolute atomic E-state index is 0. The highest BCUT2D eigenvalue weighted by atomic mass is 35.5. The average Bonchev–Trinajstić information content (AvgIpc) is 3.06. The summed E-state index contributed by atoms with van der Waals surface area (Å²) in [5, 5.41) is 4.47. The van der Waals surface area contributed by atoms with E-state index in [4.69, 9.17) is 4.74 Å². The molecule has 0 radical (unpaired) electrons. The molecule has 0 fully saturated rings. The molecule has 0 saturated heterocycles. The number of methoxy groups -OCH3 is 1. The fourth-order valence-corrected chi connectivity index (χ4v) is 4.22. The summed E-state index contributed by atoms with van der Waals surface area (Å²) in [5.74, 6) is 0.606. The molecule has 7 heteroatoms. The van der Waals surface area contributed by atoms with E-state index in [9.17, 15) is 9.59 Å². The molecule has 2 heterocycles. The number of hydrogen-bond donors (Lipinski definition) is 0. The van der Waals surface area contributed by atoms with Crippen molar-refractivity contribution in [2.45, 2.75) is 6.54 Å². The zero-order valence-electron chi connectivity index (χ0n) is 17.0. The quantitative estimate of drug-likeness (QED) is 0.445. The Labute approximate surface area is 178 Å². The first-order chi connectivity index (χ1) is 14.0. The van der Waals surface area contributed by atoms with Gasteiger partial charge in [0.2, 0.25) is 0 Å². The number of halogens is 1. The molecule has 0 unspecified atom stereocenters. The van der Waals surface area contributed by atoms with E-state index in [0.717, 1.165) is 27.1 Å². The van der Waals surface area contributed by atoms with Crippen molar-refractivity contribution in [2.75, 3.05) is 27.7 Å². The maximum absolute atomic E-state index is 13.4. The van der Waals surface area contributed by atoms with Gasteiger partial charge in [0.1, 0.15) is 5.75 Å². The van der Waals surface area contributed by atoms with Crippen LogP contribution in [-0.2, 0) is 6.54 Å². The van der Waals surface area contributed by atoms with E-state index >= 15 is 0 Å². The molecule has 0 spiro atoms. The highest BCUT2D eigenvalue weighted by molar-refractivity contribution is 6.23. The second-order valence-corrected chi connectivity index (χ2v) is 7.63. The van der Waals surface area contributed by atoms with Crippen molar-refractivity contribution in [3.63, 3.8) is 0 Å². The predicted molar refractivity (Wildman–Crippen MR) is 124 cm³/mol. The Balaban J connectivity index is 0.00000218. The number of rotatable bonds is 4. The van der Waals surface area contributed by atoms with Gasteiger partial charge in [-0.3, -0.25) is 13.8 Å². The van der Waals surface area contributed by atoms with Crippen LogP contribution in [-0.4, -0.2) is 41.6 Å². The molecule has 5 aromatic rings. The van der Waals surface area contributed by atoms with Gasteiger partial charge in [-0.2, -0.15) is 0 Å².